The number of urea groups is 1. The van der Waals surface area contributed by atoms with E-state index in [2.05, 4.69) is 5.32 Å². The van der Waals surface area contributed by atoms with Crippen LogP contribution in [0.3, 0.4) is 0 Å². The molecule has 0 aliphatic rings. The number of hydrogen-bond donors (Lipinski definition) is 2. The van der Waals surface area contributed by atoms with Gasteiger partial charge in [0.1, 0.15) is 5.75 Å². The molecule has 0 radical (unpaired) electrons. The molecular formula is C15H20N2O5. The Morgan fingerprint density at radius 1 is 1.09 bits per heavy atom. The summed E-state index contributed by atoms with van der Waals surface area (Å²) < 4.78 is 10.2. The van der Waals surface area contributed by atoms with Crippen LogP contribution in [-0.4, -0.2) is 37.7 Å². The first kappa shape index (κ1) is 17.5. The van der Waals surface area contributed by atoms with Gasteiger partial charge < -0.3 is 14.8 Å². The Bertz CT molecular complexity index is 513. The van der Waals surface area contributed by atoms with Crippen LogP contribution in [0, 0.1) is 0 Å². The zero-order valence-electron chi connectivity index (χ0n) is 12.7. The topological polar surface area (TPSA) is 93.7 Å². The summed E-state index contributed by atoms with van der Waals surface area (Å²) in [4.78, 5) is 34.2. The summed E-state index contributed by atoms with van der Waals surface area (Å²) in [5, 5.41) is 4.43. The van der Waals surface area contributed by atoms with E-state index in [9.17, 15) is 14.4 Å². The van der Waals surface area contributed by atoms with Gasteiger partial charge in [-0.3, -0.25) is 10.1 Å². The largest absolute Gasteiger partial charge is 0.494 e. The van der Waals surface area contributed by atoms with Crippen LogP contribution in [0.15, 0.2) is 24.3 Å². The molecule has 7 heteroatoms. The van der Waals surface area contributed by atoms with Gasteiger partial charge in [0.25, 0.3) is 5.91 Å². The van der Waals surface area contributed by atoms with Crippen molar-refractivity contribution < 1.29 is 23.9 Å². The smallest absolute Gasteiger partial charge is 0.338 e. The van der Waals surface area contributed by atoms with Crippen LogP contribution in [0.25, 0.3) is 0 Å². The summed E-state index contributed by atoms with van der Waals surface area (Å²) in [5.41, 5.74) is 0.301. The van der Waals surface area contributed by atoms with Gasteiger partial charge in [-0.25, -0.2) is 9.59 Å². The quantitative estimate of drug-likeness (QED) is 0.744. The fraction of sp³-hybridized carbons (Fsp3) is 0.400. The Morgan fingerprint density at radius 3 is 2.36 bits per heavy atom. The molecule has 0 bridgehead atoms. The Hall–Kier alpha value is -2.57. The first-order valence-corrected chi connectivity index (χ1v) is 7.04. The average molecular weight is 308 g/mol. The minimum Gasteiger partial charge on any atom is -0.494 e. The molecule has 0 spiro atoms. The lowest BCUT2D eigenvalue weighted by Gasteiger charge is -2.07. The van der Waals surface area contributed by atoms with E-state index in [1.54, 1.807) is 31.2 Å². The van der Waals surface area contributed by atoms with Gasteiger partial charge >= 0.3 is 12.0 Å². The van der Waals surface area contributed by atoms with Crippen molar-refractivity contribution in [2.45, 2.75) is 20.3 Å². The molecule has 22 heavy (non-hydrogen) atoms. The summed E-state index contributed by atoms with van der Waals surface area (Å²) in [5.74, 6) is -0.678. The van der Waals surface area contributed by atoms with Crippen LogP contribution in [0.4, 0.5) is 4.79 Å². The van der Waals surface area contributed by atoms with E-state index in [1.807, 2.05) is 12.2 Å². The highest BCUT2D eigenvalue weighted by atomic mass is 16.5. The standard InChI is InChI=1S/C15H20N2O5/c1-3-9-21-12-7-5-11(6-8-12)14(19)22-10-13(18)17-15(20)16-4-2/h5-8H,3-4,9-10H2,1-2H3,(H2,16,17,18,20). The van der Waals surface area contributed by atoms with Gasteiger partial charge in [0, 0.05) is 6.54 Å². The second-order valence-electron chi connectivity index (χ2n) is 4.36. The fourth-order valence-corrected chi connectivity index (χ4v) is 1.49. The van der Waals surface area contributed by atoms with E-state index in [-0.39, 0.29) is 0 Å². The molecular weight excluding hydrogens is 288 g/mol. The average Bonchev–Trinajstić information content (AvgIpc) is 2.51. The number of rotatable bonds is 7. The molecule has 1 rings (SSSR count). The van der Waals surface area contributed by atoms with E-state index < -0.39 is 24.5 Å². The lowest BCUT2D eigenvalue weighted by Crippen LogP contribution is -2.41. The van der Waals surface area contributed by atoms with E-state index in [0.717, 1.165) is 6.42 Å². The Morgan fingerprint density at radius 2 is 1.77 bits per heavy atom. The van der Waals surface area contributed by atoms with Crippen molar-refractivity contribution in [3.63, 3.8) is 0 Å². The summed E-state index contributed by atoms with van der Waals surface area (Å²) >= 11 is 0. The molecule has 0 aromatic heterocycles. The summed E-state index contributed by atoms with van der Waals surface area (Å²) in [6, 6.07) is 5.78. The number of carbonyl (C=O) groups excluding carboxylic acids is 3. The monoisotopic (exact) mass is 308 g/mol. The third-order valence-electron chi connectivity index (χ3n) is 2.49. The van der Waals surface area contributed by atoms with E-state index in [0.29, 0.717) is 24.5 Å². The molecule has 0 atom stereocenters. The lowest BCUT2D eigenvalue weighted by molar-refractivity contribution is -0.123. The van der Waals surface area contributed by atoms with Gasteiger partial charge in [-0.1, -0.05) is 6.92 Å². The third-order valence-corrected chi connectivity index (χ3v) is 2.49. The molecule has 0 aliphatic carbocycles. The number of carbonyl (C=O) groups is 3. The predicted octanol–water partition coefficient (Wildman–Crippen LogP) is 1.48. The zero-order chi connectivity index (χ0) is 16.4. The van der Waals surface area contributed by atoms with Gasteiger partial charge in [0.15, 0.2) is 6.61 Å². The van der Waals surface area contributed by atoms with Crippen molar-refractivity contribution in [3.8, 4) is 5.75 Å². The van der Waals surface area contributed by atoms with Gasteiger partial charge in [-0.05, 0) is 37.6 Å². The molecule has 0 unspecified atom stereocenters. The van der Waals surface area contributed by atoms with Gasteiger partial charge in [0.05, 0.1) is 12.2 Å². The number of esters is 1. The molecule has 2 N–H and O–H groups in total. The molecule has 7 nitrogen and oxygen atoms in total. The summed E-state index contributed by atoms with van der Waals surface area (Å²) in [6.45, 7) is 4.19. The van der Waals surface area contributed by atoms with Gasteiger partial charge in [-0.2, -0.15) is 0 Å². The number of amides is 3. The van der Waals surface area contributed by atoms with Crippen molar-refractivity contribution in [1.82, 2.24) is 10.6 Å². The fourth-order valence-electron chi connectivity index (χ4n) is 1.49. The first-order valence-electron chi connectivity index (χ1n) is 7.04. The molecule has 120 valence electrons. The van der Waals surface area contributed by atoms with Crippen molar-refractivity contribution in [3.05, 3.63) is 29.8 Å². The number of hydrogen-bond acceptors (Lipinski definition) is 5. The molecule has 1 aromatic carbocycles. The molecule has 0 heterocycles. The predicted molar refractivity (Wildman–Crippen MR) is 79.7 cm³/mol. The molecule has 0 aliphatic heterocycles. The summed E-state index contributed by atoms with van der Waals surface area (Å²) in [7, 11) is 0. The van der Waals surface area contributed by atoms with Crippen molar-refractivity contribution in [2.24, 2.45) is 0 Å². The van der Waals surface area contributed by atoms with Crippen LogP contribution < -0.4 is 15.4 Å². The van der Waals surface area contributed by atoms with Crippen LogP contribution in [0.5, 0.6) is 5.75 Å². The maximum atomic E-state index is 11.7. The maximum Gasteiger partial charge on any atom is 0.338 e. The third kappa shape index (κ3) is 6.25. The van der Waals surface area contributed by atoms with Crippen molar-refractivity contribution in [2.75, 3.05) is 19.8 Å². The Balaban J connectivity index is 2.41. The number of nitrogens with one attached hydrogen (secondary N) is 2. The van der Waals surface area contributed by atoms with E-state index in [1.165, 1.54) is 0 Å². The molecule has 0 fully saturated rings. The molecule has 1 aromatic rings. The van der Waals surface area contributed by atoms with Crippen LogP contribution in [0.1, 0.15) is 30.6 Å². The second-order valence-corrected chi connectivity index (χ2v) is 4.36. The highest BCUT2D eigenvalue weighted by Crippen LogP contribution is 2.13. The first-order chi connectivity index (χ1) is 10.6. The number of ether oxygens (including phenoxy) is 2. The minimum atomic E-state index is -0.692. The van der Waals surface area contributed by atoms with E-state index >= 15 is 0 Å². The highest BCUT2D eigenvalue weighted by Gasteiger charge is 2.12. The van der Waals surface area contributed by atoms with Gasteiger partial charge in [-0.15, -0.1) is 0 Å². The summed E-state index contributed by atoms with van der Waals surface area (Å²) in [6.07, 6.45) is 0.893. The molecule has 3 amide bonds. The van der Waals surface area contributed by atoms with E-state index in [4.69, 9.17) is 9.47 Å². The number of benzene rings is 1. The molecule has 0 saturated heterocycles. The zero-order valence-corrected chi connectivity index (χ0v) is 12.7. The van der Waals surface area contributed by atoms with Crippen LogP contribution in [0.2, 0.25) is 0 Å². The van der Waals surface area contributed by atoms with Crippen molar-refractivity contribution in [1.29, 1.82) is 0 Å². The minimum absolute atomic E-state index is 0.301. The van der Waals surface area contributed by atoms with Gasteiger partial charge in [0.2, 0.25) is 0 Å². The maximum absolute atomic E-state index is 11.7. The van der Waals surface area contributed by atoms with Crippen LogP contribution >= 0.6 is 0 Å². The highest BCUT2D eigenvalue weighted by molar-refractivity contribution is 5.97. The van der Waals surface area contributed by atoms with Crippen LogP contribution in [-0.2, 0) is 9.53 Å². The Kier molecular flexibility index (Phi) is 7.45. The normalized spacial score (nSPS) is 9.73. The number of imide groups is 1. The molecule has 0 saturated carbocycles. The Labute approximate surface area is 129 Å². The second kappa shape index (κ2) is 9.38. The SMILES string of the molecule is CCCOc1ccc(C(=O)OCC(=O)NC(=O)NCC)cc1. The lowest BCUT2D eigenvalue weighted by atomic mass is 10.2. The van der Waals surface area contributed by atoms with Crippen molar-refractivity contribution >= 4 is 17.9 Å².